The van der Waals surface area contributed by atoms with Gasteiger partial charge in [-0.2, -0.15) is 0 Å². The van der Waals surface area contributed by atoms with E-state index < -0.39 is 4.92 Å². The first-order valence-corrected chi connectivity index (χ1v) is 6.04. The summed E-state index contributed by atoms with van der Waals surface area (Å²) in [7, 11) is 1.66. The van der Waals surface area contributed by atoms with Crippen molar-refractivity contribution in [3.63, 3.8) is 0 Å². The van der Waals surface area contributed by atoms with Gasteiger partial charge in [-0.3, -0.25) is 14.8 Å². The lowest BCUT2D eigenvalue weighted by Crippen LogP contribution is -2.06. The van der Waals surface area contributed by atoms with Crippen LogP contribution in [-0.2, 0) is 13.6 Å². The molecule has 0 atom stereocenters. The van der Waals surface area contributed by atoms with Gasteiger partial charge < -0.3 is 9.88 Å². The first-order chi connectivity index (χ1) is 9.16. The summed E-state index contributed by atoms with van der Waals surface area (Å²) >= 11 is 0. The van der Waals surface area contributed by atoms with Crippen LogP contribution >= 0.6 is 0 Å². The molecule has 0 unspecified atom stereocenters. The predicted octanol–water partition coefficient (Wildman–Crippen LogP) is 1.42. The number of rotatable bonds is 7. The predicted molar refractivity (Wildman–Crippen MR) is 69.8 cm³/mol. The van der Waals surface area contributed by atoms with Crippen LogP contribution in [0.3, 0.4) is 0 Å². The Hall–Kier alpha value is -2.38. The molecule has 0 saturated carbocycles. The van der Waals surface area contributed by atoms with Gasteiger partial charge in [-0.15, -0.1) is 5.10 Å². The van der Waals surface area contributed by atoms with Crippen LogP contribution in [-0.4, -0.2) is 30.8 Å². The fourth-order valence-electron chi connectivity index (χ4n) is 1.78. The van der Waals surface area contributed by atoms with Crippen molar-refractivity contribution in [1.29, 1.82) is 0 Å². The number of imidazole rings is 1. The first kappa shape index (κ1) is 13.1. The Morgan fingerprint density at radius 1 is 1.47 bits per heavy atom. The van der Waals surface area contributed by atoms with Crippen molar-refractivity contribution in [3.8, 4) is 0 Å². The van der Waals surface area contributed by atoms with E-state index in [1.807, 2.05) is 10.8 Å². The lowest BCUT2D eigenvalue weighted by molar-refractivity contribution is -0.384. The normalized spacial score (nSPS) is 10.6. The molecule has 2 rings (SSSR count). The van der Waals surface area contributed by atoms with Gasteiger partial charge in [0.05, 0.1) is 11.3 Å². The Bertz CT molecular complexity index is 533. The number of anilines is 1. The average Bonchev–Trinajstić information content (AvgIpc) is 2.98. The topological polar surface area (TPSA) is 90.8 Å². The quantitative estimate of drug-likeness (QED) is 0.464. The molecule has 0 aliphatic rings. The number of hydrogen-bond acceptors (Lipinski definition) is 5. The first-order valence-electron chi connectivity index (χ1n) is 6.04. The highest BCUT2D eigenvalue weighted by atomic mass is 16.6. The minimum atomic E-state index is -0.430. The third kappa shape index (κ3) is 3.54. The van der Waals surface area contributed by atoms with E-state index in [-0.39, 0.29) is 5.69 Å². The number of aryl methyl sites for hydroxylation is 2. The van der Waals surface area contributed by atoms with E-state index in [0.29, 0.717) is 12.4 Å². The smallest absolute Gasteiger partial charge is 0.330 e. The second kappa shape index (κ2) is 5.98. The average molecular weight is 264 g/mol. The SMILES string of the molecule is Cn1cc([N+](=O)[O-])c(NCCCCn2ccnc2)n1. The van der Waals surface area contributed by atoms with Gasteiger partial charge in [-0.1, -0.05) is 0 Å². The Balaban J connectivity index is 1.75. The summed E-state index contributed by atoms with van der Waals surface area (Å²) in [5, 5.41) is 17.8. The fourth-order valence-corrected chi connectivity index (χ4v) is 1.78. The summed E-state index contributed by atoms with van der Waals surface area (Å²) in [6.45, 7) is 1.55. The molecule has 0 amide bonds. The summed E-state index contributed by atoms with van der Waals surface area (Å²) in [6, 6.07) is 0. The number of nitrogens with one attached hydrogen (secondary N) is 1. The van der Waals surface area contributed by atoms with Crippen LogP contribution in [0.15, 0.2) is 24.9 Å². The Morgan fingerprint density at radius 3 is 3.00 bits per heavy atom. The molecule has 19 heavy (non-hydrogen) atoms. The Morgan fingerprint density at radius 2 is 2.32 bits per heavy atom. The summed E-state index contributed by atoms with van der Waals surface area (Å²) in [6.07, 6.45) is 8.72. The molecule has 8 heteroatoms. The molecule has 0 radical (unpaired) electrons. The minimum absolute atomic E-state index is 0.0112. The van der Waals surface area contributed by atoms with Crippen LogP contribution in [0.2, 0.25) is 0 Å². The molecule has 2 heterocycles. The maximum atomic E-state index is 10.8. The van der Waals surface area contributed by atoms with Gasteiger partial charge in [0.1, 0.15) is 6.20 Å². The molecule has 1 N–H and O–H groups in total. The van der Waals surface area contributed by atoms with Crippen molar-refractivity contribution < 1.29 is 4.92 Å². The van der Waals surface area contributed by atoms with E-state index in [9.17, 15) is 10.1 Å². The van der Waals surface area contributed by atoms with Crippen LogP contribution in [0.4, 0.5) is 11.5 Å². The van der Waals surface area contributed by atoms with E-state index in [1.54, 1.807) is 19.6 Å². The second-order valence-corrected chi connectivity index (χ2v) is 4.23. The highest BCUT2D eigenvalue weighted by Gasteiger charge is 2.17. The molecule has 0 saturated heterocycles. The summed E-state index contributed by atoms with van der Waals surface area (Å²) in [4.78, 5) is 14.3. The van der Waals surface area contributed by atoms with E-state index in [0.717, 1.165) is 19.4 Å². The van der Waals surface area contributed by atoms with Crippen molar-refractivity contribution in [2.75, 3.05) is 11.9 Å². The van der Waals surface area contributed by atoms with Gasteiger partial charge in [-0.25, -0.2) is 4.98 Å². The van der Waals surface area contributed by atoms with Gasteiger partial charge in [0.25, 0.3) is 0 Å². The molecule has 2 aromatic heterocycles. The summed E-state index contributed by atoms with van der Waals surface area (Å²) in [5.41, 5.74) is 0.0112. The molecule has 8 nitrogen and oxygen atoms in total. The zero-order valence-electron chi connectivity index (χ0n) is 10.7. The van der Waals surface area contributed by atoms with Crippen molar-refractivity contribution in [3.05, 3.63) is 35.0 Å². The maximum absolute atomic E-state index is 10.8. The number of aromatic nitrogens is 4. The third-order valence-corrected chi connectivity index (χ3v) is 2.70. The highest BCUT2D eigenvalue weighted by molar-refractivity contribution is 5.54. The van der Waals surface area contributed by atoms with Gasteiger partial charge in [0.2, 0.25) is 5.82 Å². The number of nitro groups is 1. The molecule has 102 valence electrons. The maximum Gasteiger partial charge on any atom is 0.330 e. The molecule has 0 aromatic carbocycles. The second-order valence-electron chi connectivity index (χ2n) is 4.23. The van der Waals surface area contributed by atoms with Crippen LogP contribution in [0.25, 0.3) is 0 Å². The molecule has 0 aliphatic heterocycles. The van der Waals surface area contributed by atoms with Gasteiger partial charge in [0, 0.05) is 32.5 Å². The zero-order chi connectivity index (χ0) is 13.7. The molecule has 0 aliphatic carbocycles. The van der Waals surface area contributed by atoms with E-state index in [1.165, 1.54) is 10.9 Å². The van der Waals surface area contributed by atoms with Crippen molar-refractivity contribution in [1.82, 2.24) is 19.3 Å². The summed E-state index contributed by atoms with van der Waals surface area (Å²) in [5.74, 6) is 0.329. The number of nitrogens with zero attached hydrogens (tertiary/aromatic N) is 5. The van der Waals surface area contributed by atoms with Crippen LogP contribution < -0.4 is 5.32 Å². The molecule has 0 spiro atoms. The van der Waals surface area contributed by atoms with E-state index in [4.69, 9.17) is 0 Å². The largest absolute Gasteiger partial charge is 0.363 e. The van der Waals surface area contributed by atoms with Crippen molar-refractivity contribution in [2.24, 2.45) is 7.05 Å². The standard InChI is InChI=1S/C11H16N6O2/c1-15-8-10(17(18)19)11(14-15)13-4-2-3-6-16-7-5-12-9-16/h5,7-9H,2-4,6H2,1H3,(H,13,14). The number of hydrogen-bond donors (Lipinski definition) is 1. The third-order valence-electron chi connectivity index (χ3n) is 2.70. The Kier molecular flexibility index (Phi) is 4.11. The molecule has 2 aromatic rings. The molecular weight excluding hydrogens is 248 g/mol. The van der Waals surface area contributed by atoms with Crippen LogP contribution in [0.1, 0.15) is 12.8 Å². The van der Waals surface area contributed by atoms with Crippen molar-refractivity contribution in [2.45, 2.75) is 19.4 Å². The summed E-state index contributed by atoms with van der Waals surface area (Å²) < 4.78 is 3.44. The highest BCUT2D eigenvalue weighted by Crippen LogP contribution is 2.21. The molecule has 0 fully saturated rings. The zero-order valence-corrected chi connectivity index (χ0v) is 10.7. The lowest BCUT2D eigenvalue weighted by Gasteiger charge is -2.03. The van der Waals surface area contributed by atoms with Gasteiger partial charge in [-0.05, 0) is 12.8 Å². The number of unbranched alkanes of at least 4 members (excludes halogenated alkanes) is 1. The van der Waals surface area contributed by atoms with E-state index >= 15 is 0 Å². The van der Waals surface area contributed by atoms with Gasteiger partial charge >= 0.3 is 5.69 Å². The molecule has 0 bridgehead atoms. The molecular formula is C11H16N6O2. The monoisotopic (exact) mass is 264 g/mol. The van der Waals surface area contributed by atoms with Crippen molar-refractivity contribution >= 4 is 11.5 Å². The van der Waals surface area contributed by atoms with E-state index in [2.05, 4.69) is 15.4 Å². The van der Waals surface area contributed by atoms with Crippen LogP contribution in [0, 0.1) is 10.1 Å². The Labute approximate surface area is 110 Å². The minimum Gasteiger partial charge on any atom is -0.363 e. The lowest BCUT2D eigenvalue weighted by atomic mass is 10.3. The van der Waals surface area contributed by atoms with Crippen LogP contribution in [0.5, 0.6) is 0 Å². The van der Waals surface area contributed by atoms with Gasteiger partial charge in [0.15, 0.2) is 0 Å². The fraction of sp³-hybridized carbons (Fsp3) is 0.455.